The highest BCUT2D eigenvalue weighted by Gasteiger charge is 2.52. The molecule has 0 aromatic carbocycles. The highest BCUT2D eigenvalue weighted by Crippen LogP contribution is 2.47. The molecule has 0 aliphatic carbocycles. The van der Waals surface area contributed by atoms with Crippen LogP contribution in [0.2, 0.25) is 0 Å². The van der Waals surface area contributed by atoms with Gasteiger partial charge in [0.05, 0.1) is 19.8 Å². The molecule has 3 heterocycles. The second-order valence-corrected chi connectivity index (χ2v) is 13.3. The lowest BCUT2D eigenvalue weighted by atomic mass is 9.70. The smallest absolute Gasteiger partial charge is 0.283 e. The van der Waals surface area contributed by atoms with Gasteiger partial charge >= 0.3 is 0 Å². The molecule has 3 aliphatic heterocycles. The molecule has 0 radical (unpaired) electrons. The molecule has 3 saturated heterocycles. The maximum Gasteiger partial charge on any atom is 0.283 e. The number of hydrogen-bond donors (Lipinski definition) is 0. The highest BCUT2D eigenvalue weighted by atomic mass is 16.9. The van der Waals surface area contributed by atoms with Crippen LogP contribution in [-0.2, 0) is 14.2 Å². The molecule has 0 saturated carbocycles. The fraction of sp³-hybridized carbons (Fsp3) is 0.684. The van der Waals surface area contributed by atoms with E-state index in [1.807, 2.05) is 13.8 Å². The molecule has 0 N–H and O–H groups in total. The molecule has 0 aromatic rings. The van der Waals surface area contributed by atoms with Crippen molar-refractivity contribution in [3.63, 3.8) is 0 Å². The molecule has 0 aromatic heterocycles. The minimum atomic E-state index is -0.830. The van der Waals surface area contributed by atoms with E-state index in [1.54, 1.807) is 0 Å². The number of hydrogen-bond acceptors (Lipinski definition) is 3. The van der Waals surface area contributed by atoms with Crippen molar-refractivity contribution in [2.24, 2.45) is 16.2 Å². The molecule has 0 unspecified atom stereocenters. The van der Waals surface area contributed by atoms with Crippen molar-refractivity contribution in [2.75, 3.05) is 19.8 Å². The zero-order valence-corrected chi connectivity index (χ0v) is 28.1. The van der Waals surface area contributed by atoms with Crippen LogP contribution in [0.3, 0.4) is 0 Å². The lowest BCUT2D eigenvalue weighted by Crippen LogP contribution is -2.60. The van der Waals surface area contributed by atoms with Gasteiger partial charge in [-0.2, -0.15) is 0 Å². The lowest BCUT2D eigenvalue weighted by Gasteiger charge is -2.52. The number of ether oxygens (including phenoxy) is 3. The van der Waals surface area contributed by atoms with Gasteiger partial charge in [0.1, 0.15) is 0 Å². The van der Waals surface area contributed by atoms with E-state index in [2.05, 4.69) is 114 Å². The highest BCUT2D eigenvalue weighted by molar-refractivity contribution is 5.01. The number of rotatable bonds is 19. The third-order valence-electron chi connectivity index (χ3n) is 7.39. The average Bonchev–Trinajstić information content (AvgIpc) is 2.93. The molecule has 3 heteroatoms. The van der Waals surface area contributed by atoms with Crippen LogP contribution in [0.25, 0.3) is 0 Å². The van der Waals surface area contributed by atoms with E-state index in [0.717, 1.165) is 77.6 Å². The minimum Gasteiger partial charge on any atom is -0.327 e. The van der Waals surface area contributed by atoms with E-state index < -0.39 is 5.97 Å². The Hall–Kier alpha value is -1.68. The largest absolute Gasteiger partial charge is 0.327 e. The fourth-order valence-corrected chi connectivity index (χ4v) is 5.63. The maximum atomic E-state index is 6.05. The van der Waals surface area contributed by atoms with E-state index in [9.17, 15) is 0 Å². The summed E-state index contributed by atoms with van der Waals surface area (Å²) in [7, 11) is 0. The summed E-state index contributed by atoms with van der Waals surface area (Å²) in [6.07, 6.45) is 38.8. The Kier molecular flexibility index (Phi) is 18.5. The van der Waals surface area contributed by atoms with Crippen LogP contribution in [0.4, 0.5) is 0 Å². The van der Waals surface area contributed by atoms with Crippen LogP contribution < -0.4 is 0 Å². The van der Waals surface area contributed by atoms with Gasteiger partial charge in [0.15, 0.2) is 0 Å². The third kappa shape index (κ3) is 17.1. The summed E-state index contributed by atoms with van der Waals surface area (Å²) in [5, 5.41) is 0. The predicted molar refractivity (Wildman–Crippen MR) is 179 cm³/mol. The van der Waals surface area contributed by atoms with Crippen LogP contribution >= 0.6 is 0 Å². The number of unbranched alkanes of at least 4 members (excludes halogenated alkanes) is 1. The van der Waals surface area contributed by atoms with E-state index >= 15 is 0 Å². The summed E-state index contributed by atoms with van der Waals surface area (Å²) in [6, 6.07) is 0. The summed E-state index contributed by atoms with van der Waals surface area (Å²) in [4.78, 5) is 0. The van der Waals surface area contributed by atoms with Crippen molar-refractivity contribution in [3.05, 3.63) is 72.9 Å². The molecule has 3 fully saturated rings. The zero-order chi connectivity index (χ0) is 30.5. The molecule has 3 aliphatic rings. The Balaban J connectivity index is 0.00000411. The fourth-order valence-electron chi connectivity index (χ4n) is 5.63. The molecule has 0 atom stereocenters. The minimum absolute atomic E-state index is 0.0203. The molecule has 0 spiro atoms. The number of allylic oxidation sites excluding steroid dienone is 12. The van der Waals surface area contributed by atoms with Gasteiger partial charge in [0, 0.05) is 11.8 Å². The van der Waals surface area contributed by atoms with Crippen LogP contribution in [0.5, 0.6) is 0 Å². The molecular formula is C38H64O3. The second-order valence-electron chi connectivity index (χ2n) is 13.3. The van der Waals surface area contributed by atoms with Crippen molar-refractivity contribution < 1.29 is 14.2 Å². The molecule has 0 amide bonds. The van der Waals surface area contributed by atoms with E-state index in [4.69, 9.17) is 14.2 Å². The Morgan fingerprint density at radius 1 is 0.585 bits per heavy atom. The van der Waals surface area contributed by atoms with Crippen LogP contribution in [0, 0.1) is 16.2 Å². The van der Waals surface area contributed by atoms with Gasteiger partial charge in [-0.1, -0.05) is 128 Å². The molecule has 234 valence electrons. The van der Waals surface area contributed by atoms with Crippen molar-refractivity contribution in [3.8, 4) is 0 Å². The number of fused-ring (bicyclic) bond motifs is 3. The van der Waals surface area contributed by atoms with E-state index in [0.29, 0.717) is 0 Å². The first-order chi connectivity index (χ1) is 19.6. The Morgan fingerprint density at radius 2 is 0.976 bits per heavy atom. The van der Waals surface area contributed by atoms with Gasteiger partial charge in [0.25, 0.3) is 5.97 Å². The van der Waals surface area contributed by atoms with Crippen molar-refractivity contribution in [1.29, 1.82) is 0 Å². The van der Waals surface area contributed by atoms with Crippen LogP contribution in [-0.4, -0.2) is 25.8 Å². The normalized spacial score (nSPS) is 23.7. The average molecular weight is 569 g/mol. The SMILES string of the molecule is CC.CC/C=C\C/C=C\C/C=C\C/C=C\C/C=C\C/C=C\CCCC(C)(C)CC(C)(C)CC12OCC(C)(CO1)CO2. The van der Waals surface area contributed by atoms with Gasteiger partial charge in [-0.05, 0) is 75.0 Å². The summed E-state index contributed by atoms with van der Waals surface area (Å²) < 4.78 is 18.2. The topological polar surface area (TPSA) is 27.7 Å². The second kappa shape index (κ2) is 20.3. The molecule has 3 nitrogen and oxygen atoms in total. The third-order valence-corrected chi connectivity index (χ3v) is 7.39. The molecule has 3 rings (SSSR count). The first kappa shape index (κ1) is 37.3. The first-order valence-electron chi connectivity index (χ1n) is 16.4. The van der Waals surface area contributed by atoms with Crippen molar-refractivity contribution in [1.82, 2.24) is 0 Å². The monoisotopic (exact) mass is 568 g/mol. The van der Waals surface area contributed by atoms with E-state index in [-0.39, 0.29) is 16.2 Å². The van der Waals surface area contributed by atoms with Gasteiger partial charge in [-0.3, -0.25) is 0 Å². The Labute approximate surface area is 254 Å². The summed E-state index contributed by atoms with van der Waals surface area (Å²) in [5.41, 5.74) is 0.380. The van der Waals surface area contributed by atoms with Gasteiger partial charge < -0.3 is 14.2 Å². The van der Waals surface area contributed by atoms with Gasteiger partial charge in [-0.15, -0.1) is 0 Å². The molecular weight excluding hydrogens is 504 g/mol. The quantitative estimate of drug-likeness (QED) is 0.115. The lowest BCUT2D eigenvalue weighted by molar-refractivity contribution is -0.473. The molecule has 41 heavy (non-hydrogen) atoms. The van der Waals surface area contributed by atoms with Crippen LogP contribution in [0.15, 0.2) is 72.9 Å². The van der Waals surface area contributed by atoms with Crippen molar-refractivity contribution >= 4 is 0 Å². The summed E-state index contributed by atoms with van der Waals surface area (Å²) in [5.74, 6) is -0.830. The predicted octanol–water partition coefficient (Wildman–Crippen LogP) is 11.5. The summed E-state index contributed by atoms with van der Waals surface area (Å²) in [6.45, 7) is 20.0. The Bertz CT molecular complexity index is 828. The first-order valence-corrected chi connectivity index (χ1v) is 16.4. The maximum absolute atomic E-state index is 6.05. The standard InChI is InChI=1S/C36H58O3.C2H6/c1-7-8-9-10-11-12-13-14-15-16-17-18-19-20-21-22-23-24-25-26-27-33(2,3)28-34(4,5)29-36-37-30-35(6,31-38-36)32-39-36;1-2/h8-9,11-12,14-15,17-18,20-21,23-24H,7,10,13,16,19,22,25-32H2,1-6H3;1-2H3/b9-8-,12-11-,15-14-,18-17-,21-20-,24-23-;. The Morgan fingerprint density at radius 3 is 1.39 bits per heavy atom. The van der Waals surface area contributed by atoms with Crippen molar-refractivity contribution in [2.45, 2.75) is 132 Å². The van der Waals surface area contributed by atoms with Gasteiger partial charge in [0.2, 0.25) is 0 Å². The van der Waals surface area contributed by atoms with Crippen LogP contribution in [0.1, 0.15) is 126 Å². The summed E-state index contributed by atoms with van der Waals surface area (Å²) >= 11 is 0. The zero-order valence-electron chi connectivity index (χ0n) is 28.1. The van der Waals surface area contributed by atoms with Gasteiger partial charge in [-0.25, -0.2) is 0 Å². The van der Waals surface area contributed by atoms with E-state index in [1.165, 1.54) is 12.8 Å². The molecule has 2 bridgehead atoms.